The Morgan fingerprint density at radius 1 is 0.310 bits per heavy atom. The summed E-state index contributed by atoms with van der Waals surface area (Å²) < 4.78 is 64.1. The zero-order valence-corrected chi connectivity index (χ0v) is 64.7. The van der Waals surface area contributed by atoms with Gasteiger partial charge in [0.1, 0.15) is 11.6 Å². The number of aryl methyl sites for hydroxylation is 1. The van der Waals surface area contributed by atoms with Crippen LogP contribution in [0.5, 0.6) is 0 Å². The van der Waals surface area contributed by atoms with E-state index in [1.807, 2.05) is 12.2 Å². The second kappa shape index (κ2) is 34.1. The van der Waals surface area contributed by atoms with Crippen LogP contribution in [0.15, 0.2) is 377 Å². The van der Waals surface area contributed by atoms with Crippen LogP contribution in [0.3, 0.4) is 0 Å². The molecule has 0 unspecified atom stereocenters. The molecule has 0 saturated carbocycles. The molecule has 547 valence electrons. The van der Waals surface area contributed by atoms with Crippen LogP contribution >= 0.6 is 0 Å². The molecule has 0 spiro atoms. The van der Waals surface area contributed by atoms with Crippen molar-refractivity contribution >= 4 is 124 Å². The summed E-state index contributed by atoms with van der Waals surface area (Å²) in [6, 6.07) is 132. The number of nitrogens with zero attached hydrogens (tertiary/aromatic N) is 2. The second-order valence-electron chi connectivity index (χ2n) is 27.9. The van der Waals surface area contributed by atoms with Crippen LogP contribution in [-0.2, 0) is 0 Å². The molecule has 0 heterocycles. The molecule has 18 aromatic rings. The van der Waals surface area contributed by atoms with E-state index in [2.05, 4.69) is 416 Å². The fourth-order valence-corrected chi connectivity index (χ4v) is 16.7. The van der Waals surface area contributed by atoms with Crippen molar-refractivity contribution in [2.24, 2.45) is 0 Å². The zero-order chi connectivity index (χ0) is 78.1. The number of benzene rings is 18. The average Bonchev–Trinajstić information content (AvgIpc) is 0.729. The Bertz CT molecular complexity index is 6130. The van der Waals surface area contributed by atoms with Crippen molar-refractivity contribution in [2.45, 2.75) is 26.7 Å². The Hall–Kier alpha value is -13.0. The minimum Gasteiger partial charge on any atom is -0.572 e. The number of hydrogen-bond donors (Lipinski definition) is 0. The molecular formula is C104H76BF5IN2. The van der Waals surface area contributed by atoms with E-state index in [0.29, 0.717) is 5.92 Å². The molecule has 0 N–H and O–H groups in total. The number of fused-ring (bicyclic) bond motifs is 6. The Morgan fingerprint density at radius 2 is 0.646 bits per heavy atom. The normalized spacial score (nSPS) is 11.1. The molecule has 0 aliphatic heterocycles. The van der Waals surface area contributed by atoms with Gasteiger partial charge in [-0.25, -0.2) is 27.4 Å². The van der Waals surface area contributed by atoms with Gasteiger partial charge < -0.3 is 17.6 Å². The maximum absolute atomic E-state index is 12.3. The molecule has 3 radical (unpaired) electrons. The predicted molar refractivity (Wildman–Crippen MR) is 465 cm³/mol. The van der Waals surface area contributed by atoms with E-state index in [9.17, 15) is 22.0 Å². The monoisotopic (exact) mass is 1590 g/mol. The summed E-state index contributed by atoms with van der Waals surface area (Å²) in [7, 11) is 4.56. The fourth-order valence-electron chi connectivity index (χ4n) is 14.6. The summed E-state index contributed by atoms with van der Waals surface area (Å²) in [5, 5.41) is 15.1. The molecular weight excluding hydrogens is 1510 g/mol. The average molecular weight is 1590 g/mol. The molecule has 0 aliphatic rings. The van der Waals surface area contributed by atoms with E-state index in [0.717, 1.165) is 56.4 Å². The minimum atomic E-state index is -2.21. The zero-order valence-electron chi connectivity index (χ0n) is 62.5. The van der Waals surface area contributed by atoms with Gasteiger partial charge in [0.05, 0.1) is 11.4 Å². The molecule has 9 heteroatoms. The lowest BCUT2D eigenvalue weighted by molar-refractivity contribution is -0.597. The van der Waals surface area contributed by atoms with Crippen LogP contribution in [0.1, 0.15) is 42.0 Å². The first-order valence-corrected chi connectivity index (χ1v) is 39.6. The van der Waals surface area contributed by atoms with Crippen LogP contribution in [0.2, 0.25) is 0 Å². The Labute approximate surface area is 668 Å². The maximum Gasteiger partial charge on any atom is 0.357 e. The Balaban J connectivity index is 0.000000136. The molecule has 0 aromatic heterocycles. The summed E-state index contributed by atoms with van der Waals surface area (Å²) in [5.41, 5.74) is 17.7. The Kier molecular flexibility index (Phi) is 22.8. The highest BCUT2D eigenvalue weighted by atomic mass is 127. The molecule has 18 rings (SSSR count). The third-order valence-corrected chi connectivity index (χ3v) is 23.1. The molecule has 0 bridgehead atoms. The van der Waals surface area contributed by atoms with Crippen LogP contribution in [-0.4, -0.2) is 7.85 Å². The lowest BCUT2D eigenvalue weighted by atomic mass is 9.84. The van der Waals surface area contributed by atoms with E-state index in [1.165, 1.54) is 105 Å². The summed E-state index contributed by atoms with van der Waals surface area (Å²) >= 11 is -0.0167. The highest BCUT2D eigenvalue weighted by molar-refractivity contribution is 6.32. The third-order valence-electron chi connectivity index (χ3n) is 20.4. The smallest absolute Gasteiger partial charge is 0.357 e. The van der Waals surface area contributed by atoms with Crippen LogP contribution in [0.4, 0.5) is 56.1 Å². The maximum atomic E-state index is 12.3. The third kappa shape index (κ3) is 16.2. The number of anilines is 6. The van der Waals surface area contributed by atoms with Gasteiger partial charge >= 0.3 is 21.2 Å². The quantitative estimate of drug-likeness (QED) is 0.0267. The van der Waals surface area contributed by atoms with Gasteiger partial charge in [-0.05, 0) is 208 Å². The van der Waals surface area contributed by atoms with Crippen LogP contribution < -0.4 is 36.5 Å². The van der Waals surface area contributed by atoms with Gasteiger partial charge in [0.25, 0.3) is 0 Å². The van der Waals surface area contributed by atoms with Gasteiger partial charge in [-0.15, -0.1) is 0 Å². The van der Waals surface area contributed by atoms with Gasteiger partial charge in [-0.2, -0.15) is 0 Å². The van der Waals surface area contributed by atoms with E-state index in [4.69, 9.17) is 0 Å². The molecule has 0 saturated heterocycles. The summed E-state index contributed by atoms with van der Waals surface area (Å²) in [5.74, 6) is -9.67. The molecule has 2 nitrogen and oxygen atoms in total. The molecule has 0 aliphatic carbocycles. The summed E-state index contributed by atoms with van der Waals surface area (Å²) in [6.45, 7) is 14.5. The van der Waals surface area contributed by atoms with Crippen molar-refractivity contribution in [3.05, 3.63) is 436 Å². The van der Waals surface area contributed by atoms with Crippen molar-refractivity contribution in [3.8, 4) is 33.4 Å². The number of hydrogen-bond acceptors (Lipinski definition) is 2. The number of rotatable bonds is 14. The Morgan fingerprint density at radius 3 is 1.08 bits per heavy atom. The molecule has 0 atom stereocenters. The van der Waals surface area contributed by atoms with Gasteiger partial charge in [-0.3, -0.25) is 0 Å². The molecule has 0 amide bonds. The largest absolute Gasteiger partial charge is 0.572 e. The first kappa shape index (κ1) is 75.5. The van der Waals surface area contributed by atoms with Crippen molar-refractivity contribution in [1.82, 2.24) is 0 Å². The lowest BCUT2D eigenvalue weighted by Crippen LogP contribution is -3.61. The topological polar surface area (TPSA) is 6.48 Å². The molecule has 18 aromatic carbocycles. The lowest BCUT2D eigenvalue weighted by Gasteiger charge is -2.27. The van der Waals surface area contributed by atoms with Gasteiger partial charge in [-0.1, -0.05) is 318 Å². The van der Waals surface area contributed by atoms with E-state index >= 15 is 0 Å². The van der Waals surface area contributed by atoms with Gasteiger partial charge in [0.15, 0.2) is 24.6 Å². The van der Waals surface area contributed by atoms with Crippen LogP contribution in [0.25, 0.3) is 110 Å². The van der Waals surface area contributed by atoms with Crippen molar-refractivity contribution in [3.63, 3.8) is 0 Å². The summed E-state index contributed by atoms with van der Waals surface area (Å²) in [4.78, 5) is 4.67. The predicted octanol–water partition coefficient (Wildman–Crippen LogP) is 25.9. The first-order valence-electron chi connectivity index (χ1n) is 37.4. The highest BCUT2D eigenvalue weighted by Crippen LogP contribution is 2.47. The SMILES string of the molecule is C=Cc1ccc(N(c2ccc(-c3ccc(N(c4ccc(C=C)cc4)c4cccc5ccccc45)cc3)cc2)c2cccc3ccccc23)cc1.Cc1ccc([I+]c2ccc(C(C)C)cc2)cc1.[B-]c1c(F)c(F)c(F)c(F)c1F.c1ccc2cc(-c3c4ccccc4c(-c4cccc5ccccc45)c4ccccc34)ccc2c1. The first-order chi connectivity index (χ1) is 55.2. The van der Waals surface area contributed by atoms with Crippen molar-refractivity contribution in [1.29, 1.82) is 0 Å². The van der Waals surface area contributed by atoms with Gasteiger partial charge in [0.2, 0.25) is 0 Å². The van der Waals surface area contributed by atoms with E-state index < -0.39 is 34.5 Å². The van der Waals surface area contributed by atoms with Crippen molar-refractivity contribution in [2.75, 3.05) is 9.80 Å². The van der Waals surface area contributed by atoms with E-state index in [-0.39, 0.29) is 21.2 Å². The highest BCUT2D eigenvalue weighted by Gasteiger charge is 2.23. The van der Waals surface area contributed by atoms with Crippen molar-refractivity contribution < 1.29 is 43.2 Å². The summed E-state index contributed by atoms with van der Waals surface area (Å²) in [6.07, 6.45) is 3.76. The molecule has 113 heavy (non-hydrogen) atoms. The van der Waals surface area contributed by atoms with Gasteiger partial charge in [0, 0.05) is 33.5 Å². The second-order valence-corrected chi connectivity index (χ2v) is 30.9. The fraction of sp³-hybridized carbons (Fsp3) is 0.0385. The van der Waals surface area contributed by atoms with Crippen LogP contribution in [0, 0.1) is 43.2 Å². The minimum absolute atomic E-state index is 0.0167. The number of halogens is 6. The standard InChI is InChI=1S/C48H36N2.C34H22.C16H18I.C6BF5/c1-3-35-19-27-41(28-20-35)49(47-17-9-13-39-11-5-7-15-45(39)47)43-31-23-37(24-32-43)38-25-33-44(34-26-38)50(42-29-21-36(4-2)22-30-42)48-18-10-14-40-12-6-8-16-46(40)48;1-2-12-25-22-26(21-20-23(25)10-1)33-29-15-5-7-17-31(29)34(32-18-8-6-16-30(32)33)28-19-9-13-24-11-3-4-14-27(24)28;1-12(2)14-6-10-16(11-7-14)17-15-8-4-13(3)5-9-15;7-1-2(8)4(10)6(12)5(11)3(1)9/h3-34H,1-2H2;1-22H;4-12H,1-3H3;/q;;+1;-1. The molecule has 0 fully saturated rings. The van der Waals surface area contributed by atoms with E-state index in [1.54, 1.807) is 0 Å².